The van der Waals surface area contributed by atoms with Crippen LogP contribution in [0.1, 0.15) is 5.56 Å². The highest BCUT2D eigenvalue weighted by Crippen LogP contribution is 2.30. The Hall–Kier alpha value is -1.89. The lowest BCUT2D eigenvalue weighted by Crippen LogP contribution is -2.26. The summed E-state index contributed by atoms with van der Waals surface area (Å²) in [5.41, 5.74) is -1.10. The number of hydrogen-bond donors (Lipinski definition) is 1. The molecule has 0 amide bonds. The van der Waals surface area contributed by atoms with Crippen molar-refractivity contribution >= 4 is 10.9 Å². The molecule has 0 radical (unpaired) electrons. The normalized spacial score (nSPS) is 12.0. The third kappa shape index (κ3) is 2.21. The van der Waals surface area contributed by atoms with Crippen molar-refractivity contribution < 1.29 is 13.2 Å². The first kappa shape index (κ1) is 12.6. The monoisotopic (exact) mass is 257 g/mol. The van der Waals surface area contributed by atoms with Crippen LogP contribution in [0.15, 0.2) is 29.3 Å². The van der Waals surface area contributed by atoms with E-state index in [9.17, 15) is 18.0 Å². The van der Waals surface area contributed by atoms with Crippen molar-refractivity contribution in [2.75, 3.05) is 7.05 Å². The van der Waals surface area contributed by atoms with Gasteiger partial charge in [0.2, 0.25) is 0 Å². The van der Waals surface area contributed by atoms with Gasteiger partial charge in [-0.2, -0.15) is 13.2 Å². The molecule has 4 nitrogen and oxygen atoms in total. The van der Waals surface area contributed by atoms with Gasteiger partial charge >= 0.3 is 6.18 Å². The SMILES string of the molecule is CNCn1cnc2ccc(C(F)(F)F)cc2c1=O. The van der Waals surface area contributed by atoms with Gasteiger partial charge in [-0.25, -0.2) is 4.98 Å². The molecule has 0 aliphatic heterocycles. The molecule has 2 rings (SSSR count). The largest absolute Gasteiger partial charge is 0.416 e. The summed E-state index contributed by atoms with van der Waals surface area (Å²) in [6.45, 7) is 0.192. The van der Waals surface area contributed by atoms with Gasteiger partial charge in [0.25, 0.3) is 5.56 Å². The fraction of sp³-hybridized carbons (Fsp3) is 0.273. The van der Waals surface area contributed by atoms with Crippen LogP contribution in [0.5, 0.6) is 0 Å². The van der Waals surface area contributed by atoms with Gasteiger partial charge in [0.1, 0.15) is 0 Å². The topological polar surface area (TPSA) is 46.9 Å². The van der Waals surface area contributed by atoms with Crippen LogP contribution in [0.4, 0.5) is 13.2 Å². The van der Waals surface area contributed by atoms with Gasteiger partial charge < -0.3 is 5.32 Å². The van der Waals surface area contributed by atoms with Crippen molar-refractivity contribution in [2.24, 2.45) is 0 Å². The number of alkyl halides is 3. The molecule has 0 saturated carbocycles. The summed E-state index contributed by atoms with van der Waals surface area (Å²) < 4.78 is 38.9. The van der Waals surface area contributed by atoms with Crippen molar-refractivity contribution in [1.29, 1.82) is 0 Å². The molecule has 0 fully saturated rings. The standard InChI is InChI=1S/C11H10F3N3O/c1-15-5-17-6-16-9-3-2-7(11(12,13)14)4-8(9)10(17)18/h2-4,6,15H,5H2,1H3. The van der Waals surface area contributed by atoms with Crippen LogP contribution in [0.2, 0.25) is 0 Å². The van der Waals surface area contributed by atoms with Gasteiger partial charge in [-0.1, -0.05) is 0 Å². The van der Waals surface area contributed by atoms with Crippen LogP contribution in [0.3, 0.4) is 0 Å². The third-order valence-corrected chi connectivity index (χ3v) is 2.48. The maximum absolute atomic E-state index is 12.6. The second-order valence-corrected chi connectivity index (χ2v) is 3.76. The van der Waals surface area contributed by atoms with Crippen LogP contribution >= 0.6 is 0 Å². The first-order valence-electron chi connectivity index (χ1n) is 5.14. The molecule has 0 saturated heterocycles. The second-order valence-electron chi connectivity index (χ2n) is 3.76. The summed E-state index contributed by atoms with van der Waals surface area (Å²) in [6.07, 6.45) is -3.17. The van der Waals surface area contributed by atoms with Gasteiger partial charge in [-0.3, -0.25) is 9.36 Å². The van der Waals surface area contributed by atoms with Crippen molar-refractivity contribution in [3.8, 4) is 0 Å². The third-order valence-electron chi connectivity index (χ3n) is 2.48. The molecular weight excluding hydrogens is 247 g/mol. The van der Waals surface area contributed by atoms with Crippen LogP contribution < -0.4 is 10.9 Å². The van der Waals surface area contributed by atoms with Crippen LogP contribution in [-0.2, 0) is 12.8 Å². The Balaban J connectivity index is 2.67. The zero-order valence-electron chi connectivity index (χ0n) is 9.45. The van der Waals surface area contributed by atoms with Crippen LogP contribution in [0, 0.1) is 0 Å². The molecule has 1 aromatic carbocycles. The van der Waals surface area contributed by atoms with E-state index in [0.29, 0.717) is 0 Å². The number of hydrogen-bond acceptors (Lipinski definition) is 3. The van der Waals surface area contributed by atoms with Crippen LogP contribution in [-0.4, -0.2) is 16.6 Å². The quantitative estimate of drug-likeness (QED) is 0.888. The average molecular weight is 257 g/mol. The zero-order valence-corrected chi connectivity index (χ0v) is 9.45. The Kier molecular flexibility index (Phi) is 3.08. The Labute approximate surface area is 100 Å². The number of rotatable bonds is 2. The van der Waals surface area contributed by atoms with E-state index in [4.69, 9.17) is 0 Å². The molecule has 2 aromatic rings. The molecular formula is C11H10F3N3O. The fourth-order valence-electron chi connectivity index (χ4n) is 1.62. The van der Waals surface area contributed by atoms with E-state index >= 15 is 0 Å². The molecule has 0 spiro atoms. The number of benzene rings is 1. The molecule has 1 heterocycles. The van der Waals surface area contributed by atoms with Crippen molar-refractivity contribution in [1.82, 2.24) is 14.9 Å². The summed E-state index contributed by atoms with van der Waals surface area (Å²) >= 11 is 0. The molecule has 0 aliphatic rings. The number of nitrogens with one attached hydrogen (secondary N) is 1. The summed E-state index contributed by atoms with van der Waals surface area (Å²) in [7, 11) is 1.63. The molecule has 7 heteroatoms. The minimum absolute atomic E-state index is 0.0393. The highest BCUT2D eigenvalue weighted by Gasteiger charge is 2.30. The van der Waals surface area contributed by atoms with Gasteiger partial charge in [0, 0.05) is 0 Å². The summed E-state index contributed by atoms with van der Waals surface area (Å²) in [5.74, 6) is 0. The molecule has 0 aliphatic carbocycles. The van der Waals surface area contributed by atoms with Crippen molar-refractivity contribution in [2.45, 2.75) is 12.8 Å². The highest BCUT2D eigenvalue weighted by molar-refractivity contribution is 5.78. The fourth-order valence-corrected chi connectivity index (χ4v) is 1.62. The van der Waals surface area contributed by atoms with E-state index < -0.39 is 17.3 Å². The van der Waals surface area contributed by atoms with Gasteiger partial charge in [0.15, 0.2) is 0 Å². The van der Waals surface area contributed by atoms with Gasteiger partial charge in [-0.15, -0.1) is 0 Å². The molecule has 0 bridgehead atoms. The van der Waals surface area contributed by atoms with E-state index in [0.717, 1.165) is 12.1 Å². The molecule has 1 aromatic heterocycles. The summed E-state index contributed by atoms with van der Waals surface area (Å²) in [5, 5.41) is 2.70. The Morgan fingerprint density at radius 3 is 2.72 bits per heavy atom. The van der Waals surface area contributed by atoms with Crippen LogP contribution in [0.25, 0.3) is 10.9 Å². The molecule has 1 N–H and O–H groups in total. The zero-order chi connectivity index (χ0) is 13.3. The Morgan fingerprint density at radius 2 is 2.11 bits per heavy atom. The number of aromatic nitrogens is 2. The average Bonchev–Trinajstić information content (AvgIpc) is 2.31. The lowest BCUT2D eigenvalue weighted by Gasteiger charge is -2.09. The van der Waals surface area contributed by atoms with Crippen molar-refractivity contribution in [3.05, 3.63) is 40.4 Å². The first-order valence-corrected chi connectivity index (χ1v) is 5.14. The number of nitrogens with zero attached hydrogens (tertiary/aromatic N) is 2. The highest BCUT2D eigenvalue weighted by atomic mass is 19.4. The molecule has 18 heavy (non-hydrogen) atoms. The molecule has 0 atom stereocenters. The van der Waals surface area contributed by atoms with E-state index in [-0.39, 0.29) is 17.6 Å². The minimum atomic E-state index is -4.47. The Morgan fingerprint density at radius 1 is 1.39 bits per heavy atom. The minimum Gasteiger partial charge on any atom is -0.303 e. The first-order chi connectivity index (χ1) is 8.43. The van der Waals surface area contributed by atoms with E-state index in [1.807, 2.05) is 0 Å². The van der Waals surface area contributed by atoms with E-state index in [1.165, 1.54) is 17.0 Å². The molecule has 96 valence electrons. The number of halogens is 3. The second kappa shape index (κ2) is 4.41. The lowest BCUT2D eigenvalue weighted by atomic mass is 10.1. The lowest BCUT2D eigenvalue weighted by molar-refractivity contribution is -0.137. The van der Waals surface area contributed by atoms with Gasteiger partial charge in [-0.05, 0) is 25.2 Å². The Bertz CT molecular complexity index is 633. The predicted molar refractivity (Wildman–Crippen MR) is 60.1 cm³/mol. The summed E-state index contributed by atoms with van der Waals surface area (Å²) in [4.78, 5) is 15.9. The predicted octanol–water partition coefficient (Wildman–Crippen LogP) is 1.59. The summed E-state index contributed by atoms with van der Waals surface area (Å²) in [6, 6.07) is 2.94. The molecule has 0 unspecified atom stereocenters. The number of fused-ring (bicyclic) bond motifs is 1. The van der Waals surface area contributed by atoms with E-state index in [2.05, 4.69) is 10.3 Å². The maximum Gasteiger partial charge on any atom is 0.416 e. The maximum atomic E-state index is 12.6. The van der Waals surface area contributed by atoms with Gasteiger partial charge in [0.05, 0.1) is 29.5 Å². The smallest absolute Gasteiger partial charge is 0.303 e. The van der Waals surface area contributed by atoms with Crippen molar-refractivity contribution in [3.63, 3.8) is 0 Å². The van der Waals surface area contributed by atoms with E-state index in [1.54, 1.807) is 7.05 Å².